The number of hydrogen-bond donors (Lipinski definition) is 0. The molecule has 0 bridgehead atoms. The summed E-state index contributed by atoms with van der Waals surface area (Å²) in [5.74, 6) is -4.12. The molecule has 174 valence electrons. The van der Waals surface area contributed by atoms with Crippen molar-refractivity contribution in [1.29, 1.82) is 0 Å². The van der Waals surface area contributed by atoms with E-state index < -0.39 is 54.3 Å². The van der Waals surface area contributed by atoms with Crippen LogP contribution in [0, 0.1) is 0 Å². The summed E-state index contributed by atoms with van der Waals surface area (Å²) in [5, 5.41) is 0. The Bertz CT molecular complexity index is 776. The van der Waals surface area contributed by atoms with Crippen molar-refractivity contribution in [3.63, 3.8) is 0 Å². The molecule has 11 heteroatoms. The van der Waals surface area contributed by atoms with Crippen LogP contribution in [-0.4, -0.2) is 47.8 Å². The molecule has 3 rings (SSSR count). The number of likely N-dealkylation sites (tertiary alicyclic amines) is 2. The summed E-state index contributed by atoms with van der Waals surface area (Å²) < 4.78 is 104. The van der Waals surface area contributed by atoms with Crippen LogP contribution in [0.1, 0.15) is 42.9 Å². The van der Waals surface area contributed by atoms with E-state index in [4.69, 9.17) is 0 Å². The van der Waals surface area contributed by atoms with E-state index in [1.807, 2.05) is 13.8 Å². The Hall–Kier alpha value is -2.33. The predicted molar refractivity (Wildman–Crippen MR) is 97.4 cm³/mol. The molecule has 2 fully saturated rings. The quantitative estimate of drug-likeness (QED) is 0.439. The number of carbonyl (C=O) groups excluding carboxylic acids is 1. The third kappa shape index (κ3) is 6.33. The Morgan fingerprint density at radius 3 is 1.97 bits per heavy atom. The van der Waals surface area contributed by atoms with Crippen LogP contribution in [0.3, 0.4) is 0 Å². The molecular formula is C20H22F8N2O. The Morgan fingerprint density at radius 2 is 1.52 bits per heavy atom. The van der Waals surface area contributed by atoms with Gasteiger partial charge >= 0.3 is 12.4 Å². The van der Waals surface area contributed by atoms with Gasteiger partial charge in [-0.1, -0.05) is 13.8 Å². The molecule has 1 amide bonds. The Morgan fingerprint density at radius 1 is 1.00 bits per heavy atom. The van der Waals surface area contributed by atoms with Gasteiger partial charge in [0.2, 0.25) is 5.91 Å². The Kier molecular flexibility index (Phi) is 7.27. The monoisotopic (exact) mass is 458 g/mol. The number of alkyl halides is 8. The van der Waals surface area contributed by atoms with Crippen LogP contribution in [0.15, 0.2) is 30.5 Å². The van der Waals surface area contributed by atoms with Gasteiger partial charge in [0.25, 0.3) is 5.92 Å². The second kappa shape index (κ2) is 9.04. The number of carbonyl (C=O) groups is 1. The summed E-state index contributed by atoms with van der Waals surface area (Å²) in [5.41, 5.74) is -2.83. The fourth-order valence-corrected chi connectivity index (χ4v) is 3.35. The first-order valence-corrected chi connectivity index (χ1v) is 9.63. The zero-order valence-corrected chi connectivity index (χ0v) is 16.8. The molecule has 2 saturated heterocycles. The molecule has 0 aliphatic carbocycles. The fraction of sp³-hybridized carbons (Fsp3) is 0.550. The maximum atomic E-state index is 13.0. The van der Waals surface area contributed by atoms with Crippen molar-refractivity contribution in [3.05, 3.63) is 47.2 Å². The zero-order chi connectivity index (χ0) is 23.6. The lowest BCUT2D eigenvalue weighted by Gasteiger charge is -2.38. The molecule has 0 N–H and O–H groups in total. The highest BCUT2D eigenvalue weighted by molar-refractivity contribution is 5.88. The number of amides is 1. The lowest BCUT2D eigenvalue weighted by atomic mass is 9.94. The van der Waals surface area contributed by atoms with Crippen LogP contribution in [0.2, 0.25) is 0 Å². The van der Waals surface area contributed by atoms with Crippen molar-refractivity contribution < 1.29 is 39.9 Å². The molecule has 1 aromatic carbocycles. The first-order chi connectivity index (χ1) is 14.2. The van der Waals surface area contributed by atoms with Crippen LogP contribution in [0.4, 0.5) is 35.1 Å². The van der Waals surface area contributed by atoms with E-state index in [1.165, 1.54) is 6.20 Å². The molecular weight excluding hydrogens is 436 g/mol. The molecule has 2 heterocycles. The molecule has 0 spiro atoms. The van der Waals surface area contributed by atoms with Gasteiger partial charge in [0.1, 0.15) is 0 Å². The van der Waals surface area contributed by atoms with E-state index in [0.717, 1.165) is 11.0 Å². The van der Waals surface area contributed by atoms with E-state index in [-0.39, 0.29) is 18.2 Å². The van der Waals surface area contributed by atoms with Crippen molar-refractivity contribution in [2.24, 2.45) is 0 Å². The second-order valence-corrected chi connectivity index (χ2v) is 7.19. The number of nitrogens with zero attached hydrogens (tertiary/aromatic N) is 2. The highest BCUT2D eigenvalue weighted by atomic mass is 19.4. The third-order valence-corrected chi connectivity index (χ3v) is 4.89. The van der Waals surface area contributed by atoms with Gasteiger partial charge in [0.15, 0.2) is 0 Å². The molecule has 0 aromatic heterocycles. The third-order valence-electron chi connectivity index (χ3n) is 4.89. The highest BCUT2D eigenvalue weighted by Crippen LogP contribution is 2.39. The van der Waals surface area contributed by atoms with Gasteiger partial charge in [0, 0.05) is 31.3 Å². The zero-order valence-electron chi connectivity index (χ0n) is 16.8. The van der Waals surface area contributed by atoms with Gasteiger partial charge in [-0.2, -0.15) is 26.3 Å². The molecule has 2 aliphatic rings. The van der Waals surface area contributed by atoms with E-state index in [1.54, 1.807) is 4.90 Å². The van der Waals surface area contributed by atoms with E-state index >= 15 is 0 Å². The lowest BCUT2D eigenvalue weighted by Crippen LogP contribution is -2.58. The first kappa shape index (κ1) is 24.9. The van der Waals surface area contributed by atoms with Crippen LogP contribution >= 0.6 is 0 Å². The fourth-order valence-electron chi connectivity index (χ4n) is 3.35. The molecule has 1 aromatic rings. The summed E-state index contributed by atoms with van der Waals surface area (Å²) in [7, 11) is 0. The van der Waals surface area contributed by atoms with Gasteiger partial charge in [0.05, 0.1) is 24.2 Å². The molecule has 31 heavy (non-hydrogen) atoms. The first-order valence-electron chi connectivity index (χ1n) is 9.63. The van der Waals surface area contributed by atoms with Crippen LogP contribution < -0.4 is 0 Å². The van der Waals surface area contributed by atoms with Crippen molar-refractivity contribution >= 4 is 5.91 Å². The minimum Gasteiger partial charge on any atom is -0.377 e. The summed E-state index contributed by atoms with van der Waals surface area (Å²) in [6.07, 6.45) is -7.14. The van der Waals surface area contributed by atoms with Gasteiger partial charge in [-0.15, -0.1) is 0 Å². The summed E-state index contributed by atoms with van der Waals surface area (Å²) in [6, 6.07) is 1.50. The number of hydrogen-bond acceptors (Lipinski definition) is 2. The maximum absolute atomic E-state index is 13.0. The van der Waals surface area contributed by atoms with Crippen molar-refractivity contribution in [2.45, 2.75) is 44.5 Å². The molecule has 1 unspecified atom stereocenters. The number of halogens is 8. The molecule has 0 saturated carbocycles. The largest absolute Gasteiger partial charge is 0.416 e. The smallest absolute Gasteiger partial charge is 0.377 e. The van der Waals surface area contributed by atoms with Crippen LogP contribution in [0.5, 0.6) is 0 Å². The SMILES string of the molecule is CC.O=C(/C=C\N1CCC(c2cc(C(F)(F)F)cc(C(F)(F)F)c2)C1)N1CC(F)(F)C1. The molecule has 3 nitrogen and oxygen atoms in total. The highest BCUT2D eigenvalue weighted by Gasteiger charge is 2.45. The molecule has 1 atom stereocenters. The topological polar surface area (TPSA) is 23.6 Å². The van der Waals surface area contributed by atoms with Gasteiger partial charge < -0.3 is 9.80 Å². The van der Waals surface area contributed by atoms with Crippen molar-refractivity contribution in [1.82, 2.24) is 9.80 Å². The summed E-state index contributed by atoms with van der Waals surface area (Å²) >= 11 is 0. The number of benzene rings is 1. The second-order valence-electron chi connectivity index (χ2n) is 7.19. The average Bonchev–Trinajstić information content (AvgIpc) is 3.13. The van der Waals surface area contributed by atoms with E-state index in [9.17, 15) is 39.9 Å². The van der Waals surface area contributed by atoms with Crippen LogP contribution in [0.25, 0.3) is 0 Å². The summed E-state index contributed by atoms with van der Waals surface area (Å²) in [6.45, 7) is 3.06. The van der Waals surface area contributed by atoms with E-state index in [2.05, 4.69) is 0 Å². The molecule has 2 aliphatic heterocycles. The van der Waals surface area contributed by atoms with Gasteiger partial charge in [-0.25, -0.2) is 8.78 Å². The lowest BCUT2D eigenvalue weighted by molar-refractivity contribution is -0.160. The maximum Gasteiger partial charge on any atom is 0.416 e. The minimum absolute atomic E-state index is 0.0810. The predicted octanol–water partition coefficient (Wildman–Crippen LogP) is 5.53. The van der Waals surface area contributed by atoms with Gasteiger partial charge in [-0.05, 0) is 30.2 Å². The Balaban J connectivity index is 0.00000166. The van der Waals surface area contributed by atoms with Gasteiger partial charge in [-0.3, -0.25) is 4.79 Å². The van der Waals surface area contributed by atoms with Crippen LogP contribution in [-0.2, 0) is 17.1 Å². The van der Waals surface area contributed by atoms with Crippen molar-refractivity contribution in [2.75, 3.05) is 26.2 Å². The molecule has 0 radical (unpaired) electrons. The Labute approximate surface area is 174 Å². The average molecular weight is 458 g/mol. The standard InChI is InChI=1S/C18H16F8N2O.C2H6/c19-16(20)9-28(10-16)15(29)2-4-27-3-1-11(8-27)12-5-13(17(21,22)23)7-14(6-12)18(24,25)26;1-2/h2,4-7,11H,1,3,8-10H2;1-2H3/b4-2-;. The van der Waals surface area contributed by atoms with E-state index in [0.29, 0.717) is 25.1 Å². The normalized spacial score (nSPS) is 21.0. The van der Waals surface area contributed by atoms with Crippen molar-refractivity contribution in [3.8, 4) is 0 Å². The minimum atomic E-state index is -4.92. The summed E-state index contributed by atoms with van der Waals surface area (Å²) in [4.78, 5) is 14.3. The number of rotatable bonds is 3.